The maximum atomic E-state index is 12.3. The van der Waals surface area contributed by atoms with E-state index < -0.39 is 5.97 Å². The second kappa shape index (κ2) is 6.98. The number of hydrogen-bond acceptors (Lipinski definition) is 4. The number of carbonyl (C=O) groups is 2. The Hall–Kier alpha value is -2.11. The molecule has 0 spiro atoms. The summed E-state index contributed by atoms with van der Waals surface area (Å²) >= 11 is 0. The molecule has 6 nitrogen and oxygen atoms in total. The molecule has 2 N–H and O–H groups in total. The number of fused-ring (bicyclic) bond motifs is 1. The Kier molecular flexibility index (Phi) is 4.79. The Bertz CT molecular complexity index is 599. The molecule has 0 aromatic carbocycles. The highest BCUT2D eigenvalue weighted by molar-refractivity contribution is 5.82. The first-order chi connectivity index (χ1) is 11.1. The number of anilines is 1. The van der Waals surface area contributed by atoms with Gasteiger partial charge >= 0.3 is 5.97 Å². The van der Waals surface area contributed by atoms with E-state index in [1.165, 1.54) is 16.0 Å². The molecule has 0 radical (unpaired) electrons. The first-order valence-electron chi connectivity index (χ1n) is 8.37. The number of carboxylic acids is 1. The Balaban J connectivity index is 1.54. The zero-order chi connectivity index (χ0) is 16.2. The molecule has 0 saturated heterocycles. The average molecular weight is 317 g/mol. The molecule has 1 aromatic rings. The lowest BCUT2D eigenvalue weighted by Gasteiger charge is -2.21. The highest BCUT2D eigenvalue weighted by Gasteiger charge is 2.33. The van der Waals surface area contributed by atoms with Crippen LogP contribution in [0, 0.1) is 0 Å². The van der Waals surface area contributed by atoms with Crippen molar-refractivity contribution in [1.82, 2.24) is 9.88 Å². The molecule has 0 unspecified atom stereocenters. The van der Waals surface area contributed by atoms with Gasteiger partial charge in [0, 0.05) is 25.2 Å². The van der Waals surface area contributed by atoms with E-state index in [1.807, 2.05) is 12.3 Å². The van der Waals surface area contributed by atoms with Crippen LogP contribution < -0.4 is 5.32 Å². The van der Waals surface area contributed by atoms with Crippen molar-refractivity contribution in [2.45, 2.75) is 51.0 Å². The minimum absolute atomic E-state index is 0.0315. The molecule has 6 heteroatoms. The molecule has 0 bridgehead atoms. The van der Waals surface area contributed by atoms with Crippen LogP contribution in [0.1, 0.15) is 43.2 Å². The van der Waals surface area contributed by atoms with Crippen molar-refractivity contribution in [2.24, 2.45) is 0 Å². The smallest absolute Gasteiger partial charge is 0.323 e. The standard InChI is InChI=1S/C17H23N3O3/c21-15(20(11-16(22)23)13-6-7-13)5-1-3-12-8-10-19-17-14(12)4-2-9-18-17/h8,10,13H,1-7,9,11H2,(H,18,19)(H,22,23). The van der Waals surface area contributed by atoms with E-state index in [9.17, 15) is 9.59 Å². The third-order valence-electron chi connectivity index (χ3n) is 4.50. The number of aliphatic carboxylic acids is 1. The quantitative estimate of drug-likeness (QED) is 0.802. The highest BCUT2D eigenvalue weighted by atomic mass is 16.4. The molecule has 23 heavy (non-hydrogen) atoms. The maximum absolute atomic E-state index is 12.3. The zero-order valence-corrected chi connectivity index (χ0v) is 13.3. The van der Waals surface area contributed by atoms with E-state index >= 15 is 0 Å². The molecule has 2 aliphatic rings. The Morgan fingerprint density at radius 3 is 2.96 bits per heavy atom. The van der Waals surface area contributed by atoms with Gasteiger partial charge in [-0.15, -0.1) is 0 Å². The van der Waals surface area contributed by atoms with E-state index in [0.29, 0.717) is 6.42 Å². The number of aromatic nitrogens is 1. The Morgan fingerprint density at radius 2 is 2.22 bits per heavy atom. The summed E-state index contributed by atoms with van der Waals surface area (Å²) in [7, 11) is 0. The minimum atomic E-state index is -0.931. The fourth-order valence-electron chi connectivity index (χ4n) is 3.20. The maximum Gasteiger partial charge on any atom is 0.323 e. The molecule has 1 fully saturated rings. The molecular formula is C17H23N3O3. The summed E-state index contributed by atoms with van der Waals surface area (Å²) in [5, 5.41) is 12.3. The van der Waals surface area contributed by atoms with Crippen molar-refractivity contribution in [3.63, 3.8) is 0 Å². The number of rotatable bonds is 7. The summed E-state index contributed by atoms with van der Waals surface area (Å²) in [6.07, 6.45) is 7.82. The van der Waals surface area contributed by atoms with Crippen molar-refractivity contribution < 1.29 is 14.7 Å². The lowest BCUT2D eigenvalue weighted by molar-refractivity contribution is -0.144. The van der Waals surface area contributed by atoms with Gasteiger partial charge in [0.25, 0.3) is 0 Å². The molecule has 2 heterocycles. The van der Waals surface area contributed by atoms with Crippen LogP contribution in [0.4, 0.5) is 5.82 Å². The molecule has 1 saturated carbocycles. The summed E-state index contributed by atoms with van der Waals surface area (Å²) in [6, 6.07) is 2.18. The predicted octanol–water partition coefficient (Wildman–Crippen LogP) is 1.84. The normalized spacial score (nSPS) is 16.3. The van der Waals surface area contributed by atoms with Crippen molar-refractivity contribution >= 4 is 17.7 Å². The van der Waals surface area contributed by atoms with Crippen LogP contribution in [0.2, 0.25) is 0 Å². The van der Waals surface area contributed by atoms with E-state index in [1.54, 1.807) is 0 Å². The molecule has 1 amide bonds. The average Bonchev–Trinajstić information content (AvgIpc) is 3.37. The number of aryl methyl sites for hydroxylation is 1. The third kappa shape index (κ3) is 4.00. The van der Waals surface area contributed by atoms with Gasteiger partial charge in [-0.25, -0.2) is 4.98 Å². The van der Waals surface area contributed by atoms with Gasteiger partial charge in [0.05, 0.1) is 0 Å². The summed E-state index contributed by atoms with van der Waals surface area (Å²) in [6.45, 7) is 0.797. The largest absolute Gasteiger partial charge is 0.480 e. The van der Waals surface area contributed by atoms with E-state index in [0.717, 1.165) is 50.9 Å². The van der Waals surface area contributed by atoms with Crippen LogP contribution in [0.15, 0.2) is 12.3 Å². The lowest BCUT2D eigenvalue weighted by Crippen LogP contribution is -2.37. The summed E-state index contributed by atoms with van der Waals surface area (Å²) in [5.41, 5.74) is 2.53. The molecule has 124 valence electrons. The van der Waals surface area contributed by atoms with Gasteiger partial charge in [-0.05, 0) is 55.7 Å². The Labute approximate surface area is 135 Å². The van der Waals surface area contributed by atoms with Gasteiger partial charge in [-0.3, -0.25) is 9.59 Å². The fraction of sp³-hybridized carbons (Fsp3) is 0.588. The number of pyridine rings is 1. The van der Waals surface area contributed by atoms with Crippen molar-refractivity contribution in [1.29, 1.82) is 0 Å². The van der Waals surface area contributed by atoms with Gasteiger partial charge in [0.2, 0.25) is 5.91 Å². The van der Waals surface area contributed by atoms with Crippen molar-refractivity contribution in [2.75, 3.05) is 18.4 Å². The lowest BCUT2D eigenvalue weighted by atomic mass is 9.97. The highest BCUT2D eigenvalue weighted by Crippen LogP contribution is 2.28. The van der Waals surface area contributed by atoms with Crippen LogP contribution in [0.3, 0.4) is 0 Å². The molecule has 1 aromatic heterocycles. The van der Waals surface area contributed by atoms with Gasteiger partial charge < -0.3 is 15.3 Å². The number of nitrogens with zero attached hydrogens (tertiary/aromatic N) is 2. The van der Waals surface area contributed by atoms with E-state index in [2.05, 4.69) is 10.3 Å². The summed E-state index contributed by atoms with van der Waals surface area (Å²) < 4.78 is 0. The number of hydrogen-bond donors (Lipinski definition) is 2. The molecule has 0 atom stereocenters. The van der Waals surface area contributed by atoms with Crippen LogP contribution in [-0.4, -0.2) is 46.0 Å². The molecular weight excluding hydrogens is 294 g/mol. The number of carboxylic acid groups (broad SMARTS) is 1. The van der Waals surface area contributed by atoms with Gasteiger partial charge in [0.1, 0.15) is 12.4 Å². The first kappa shape index (κ1) is 15.8. The summed E-state index contributed by atoms with van der Waals surface area (Å²) in [5.74, 6) is 0.0148. The van der Waals surface area contributed by atoms with Crippen molar-refractivity contribution in [3.05, 3.63) is 23.4 Å². The van der Waals surface area contributed by atoms with Crippen LogP contribution >= 0.6 is 0 Å². The van der Waals surface area contributed by atoms with Crippen molar-refractivity contribution in [3.8, 4) is 0 Å². The van der Waals surface area contributed by atoms with Crippen LogP contribution in [0.5, 0.6) is 0 Å². The Morgan fingerprint density at radius 1 is 1.39 bits per heavy atom. The van der Waals surface area contributed by atoms with Gasteiger partial charge in [-0.1, -0.05) is 0 Å². The molecule has 1 aliphatic heterocycles. The molecule has 3 rings (SSSR count). The molecule has 1 aliphatic carbocycles. The monoisotopic (exact) mass is 317 g/mol. The fourth-order valence-corrected chi connectivity index (χ4v) is 3.20. The SMILES string of the molecule is O=C(O)CN(C(=O)CCCc1ccnc2c1CCCN2)C1CC1. The topological polar surface area (TPSA) is 82.5 Å². The van der Waals surface area contributed by atoms with Gasteiger partial charge in [0.15, 0.2) is 0 Å². The third-order valence-corrected chi connectivity index (χ3v) is 4.50. The minimum Gasteiger partial charge on any atom is -0.480 e. The second-order valence-electron chi connectivity index (χ2n) is 6.33. The van der Waals surface area contributed by atoms with Crippen LogP contribution in [-0.2, 0) is 22.4 Å². The number of carbonyl (C=O) groups excluding carboxylic acids is 1. The van der Waals surface area contributed by atoms with E-state index in [-0.39, 0.29) is 18.5 Å². The zero-order valence-electron chi connectivity index (χ0n) is 13.3. The predicted molar refractivity (Wildman–Crippen MR) is 86.4 cm³/mol. The van der Waals surface area contributed by atoms with E-state index in [4.69, 9.17) is 5.11 Å². The van der Waals surface area contributed by atoms with Crippen LogP contribution in [0.25, 0.3) is 0 Å². The summed E-state index contributed by atoms with van der Waals surface area (Å²) in [4.78, 5) is 29.1. The number of amides is 1. The first-order valence-corrected chi connectivity index (χ1v) is 8.37. The van der Waals surface area contributed by atoms with Gasteiger partial charge in [-0.2, -0.15) is 0 Å². The second-order valence-corrected chi connectivity index (χ2v) is 6.33. The number of nitrogens with one attached hydrogen (secondary N) is 1.